The van der Waals surface area contributed by atoms with Crippen LogP contribution in [-0.4, -0.2) is 29.8 Å². The molecule has 5 nitrogen and oxygen atoms in total. The summed E-state index contributed by atoms with van der Waals surface area (Å²) in [5, 5.41) is 4.45. The molecule has 2 rings (SSSR count). The van der Waals surface area contributed by atoms with Gasteiger partial charge in [0.2, 0.25) is 0 Å². The van der Waals surface area contributed by atoms with E-state index in [9.17, 15) is 4.79 Å². The average Bonchev–Trinajstić information content (AvgIpc) is 2.88. The van der Waals surface area contributed by atoms with Gasteiger partial charge in [-0.15, -0.1) is 0 Å². The highest BCUT2D eigenvalue weighted by molar-refractivity contribution is 6.33. The lowest BCUT2D eigenvalue weighted by Gasteiger charge is -2.10. The molecular formula is C15H17ClN2O3. The van der Waals surface area contributed by atoms with E-state index in [1.165, 1.54) is 6.20 Å². The van der Waals surface area contributed by atoms with Crippen LogP contribution in [0.1, 0.15) is 23.0 Å². The Kier molecular flexibility index (Phi) is 4.85. The van der Waals surface area contributed by atoms with Crippen molar-refractivity contribution in [1.29, 1.82) is 0 Å². The third kappa shape index (κ3) is 3.19. The average molecular weight is 309 g/mol. The first-order valence-corrected chi connectivity index (χ1v) is 6.93. The molecule has 0 amide bonds. The smallest absolute Gasteiger partial charge is 0.186 e. The van der Waals surface area contributed by atoms with Crippen molar-refractivity contribution in [3.8, 4) is 11.5 Å². The molecule has 1 aromatic heterocycles. The van der Waals surface area contributed by atoms with Gasteiger partial charge >= 0.3 is 0 Å². The van der Waals surface area contributed by atoms with E-state index in [1.807, 2.05) is 13.0 Å². The van der Waals surface area contributed by atoms with E-state index in [4.69, 9.17) is 21.1 Å². The Morgan fingerprint density at radius 2 is 2.00 bits per heavy atom. The van der Waals surface area contributed by atoms with Gasteiger partial charge in [-0.1, -0.05) is 17.7 Å². The number of carbonyl (C=O) groups excluding carboxylic acids is 1. The first-order valence-electron chi connectivity index (χ1n) is 6.56. The lowest BCUT2D eigenvalue weighted by atomic mass is 10.1. The molecule has 1 aromatic carbocycles. The number of carbonyl (C=O) groups is 1. The Bertz CT molecular complexity index is 652. The van der Waals surface area contributed by atoms with E-state index < -0.39 is 0 Å². The fraction of sp³-hybridized carbons (Fsp3) is 0.333. The van der Waals surface area contributed by atoms with Crippen LogP contribution in [-0.2, 0) is 13.0 Å². The van der Waals surface area contributed by atoms with Crippen LogP contribution in [0.15, 0.2) is 24.4 Å². The minimum atomic E-state index is -0.0773. The largest absolute Gasteiger partial charge is 0.493 e. The highest BCUT2D eigenvalue weighted by atomic mass is 35.5. The normalized spacial score (nSPS) is 10.5. The summed E-state index contributed by atoms with van der Waals surface area (Å²) in [5.41, 5.74) is 1.27. The Balaban J connectivity index is 2.25. The van der Waals surface area contributed by atoms with Crippen molar-refractivity contribution in [3.63, 3.8) is 0 Å². The molecule has 0 spiro atoms. The number of rotatable bonds is 6. The summed E-state index contributed by atoms with van der Waals surface area (Å²) in [7, 11) is 3.13. The Morgan fingerprint density at radius 1 is 1.29 bits per heavy atom. The first kappa shape index (κ1) is 15.4. The van der Waals surface area contributed by atoms with Gasteiger partial charge in [-0.2, -0.15) is 5.10 Å². The minimum absolute atomic E-state index is 0.0773. The molecule has 0 aliphatic heterocycles. The molecule has 0 radical (unpaired) electrons. The maximum atomic E-state index is 12.4. The number of hydrogen-bond donors (Lipinski definition) is 0. The second kappa shape index (κ2) is 6.63. The van der Waals surface area contributed by atoms with Crippen LogP contribution in [0.25, 0.3) is 0 Å². The van der Waals surface area contributed by atoms with E-state index in [0.717, 1.165) is 5.56 Å². The number of aryl methyl sites for hydroxylation is 1. The molecule has 0 atom stereocenters. The molecule has 0 saturated heterocycles. The van der Waals surface area contributed by atoms with Crippen molar-refractivity contribution in [2.75, 3.05) is 14.2 Å². The van der Waals surface area contributed by atoms with E-state index >= 15 is 0 Å². The standard InChI is InChI=1S/C15H17ClN2O3/c1-4-18-15(11(16)9-17-18)12(19)7-10-5-6-13(20-2)14(8-10)21-3/h5-6,8-9H,4,7H2,1-3H3. The lowest BCUT2D eigenvalue weighted by molar-refractivity contribution is 0.0983. The molecule has 0 bridgehead atoms. The van der Waals surface area contributed by atoms with Crippen molar-refractivity contribution in [3.05, 3.63) is 40.7 Å². The molecule has 21 heavy (non-hydrogen) atoms. The number of hydrogen-bond acceptors (Lipinski definition) is 4. The number of methoxy groups -OCH3 is 2. The number of halogens is 1. The lowest BCUT2D eigenvalue weighted by Crippen LogP contribution is -2.12. The number of Topliss-reactive ketones (excluding diaryl/α,β-unsaturated/α-hetero) is 1. The van der Waals surface area contributed by atoms with Crippen LogP contribution < -0.4 is 9.47 Å². The SMILES string of the molecule is CCn1ncc(Cl)c1C(=O)Cc1ccc(OC)c(OC)c1. The van der Waals surface area contributed by atoms with Gasteiger partial charge in [0.15, 0.2) is 17.3 Å². The van der Waals surface area contributed by atoms with Crippen molar-refractivity contribution in [2.45, 2.75) is 19.9 Å². The summed E-state index contributed by atoms with van der Waals surface area (Å²) in [6.45, 7) is 2.51. The summed E-state index contributed by atoms with van der Waals surface area (Å²) >= 11 is 6.04. The molecule has 0 unspecified atom stereocenters. The summed E-state index contributed by atoms with van der Waals surface area (Å²) in [4.78, 5) is 12.4. The Hall–Kier alpha value is -2.01. The molecule has 2 aromatic rings. The van der Waals surface area contributed by atoms with Crippen molar-refractivity contribution in [1.82, 2.24) is 9.78 Å². The molecule has 0 fully saturated rings. The number of nitrogens with zero attached hydrogens (tertiary/aromatic N) is 2. The predicted octanol–water partition coefficient (Wildman–Crippen LogP) is 3.00. The molecule has 6 heteroatoms. The van der Waals surface area contributed by atoms with Crippen LogP contribution in [0.2, 0.25) is 5.02 Å². The van der Waals surface area contributed by atoms with Crippen molar-refractivity contribution < 1.29 is 14.3 Å². The predicted molar refractivity (Wildman–Crippen MR) is 80.5 cm³/mol. The highest BCUT2D eigenvalue weighted by Gasteiger charge is 2.17. The zero-order valence-corrected chi connectivity index (χ0v) is 13.0. The van der Waals surface area contributed by atoms with Crippen molar-refractivity contribution >= 4 is 17.4 Å². The van der Waals surface area contributed by atoms with Crippen LogP contribution in [0.4, 0.5) is 0 Å². The van der Waals surface area contributed by atoms with Crippen LogP contribution in [0.5, 0.6) is 11.5 Å². The summed E-state index contributed by atoms with van der Waals surface area (Å²) in [6.07, 6.45) is 1.72. The molecule has 1 heterocycles. The zero-order chi connectivity index (χ0) is 15.4. The van der Waals surface area contributed by atoms with Gasteiger partial charge in [0.1, 0.15) is 5.69 Å². The van der Waals surface area contributed by atoms with Gasteiger partial charge in [-0.25, -0.2) is 0 Å². The van der Waals surface area contributed by atoms with Crippen LogP contribution >= 0.6 is 11.6 Å². The number of aromatic nitrogens is 2. The Morgan fingerprint density at radius 3 is 2.62 bits per heavy atom. The van der Waals surface area contributed by atoms with Crippen molar-refractivity contribution in [2.24, 2.45) is 0 Å². The zero-order valence-electron chi connectivity index (χ0n) is 12.2. The van der Waals surface area contributed by atoms with Crippen LogP contribution in [0.3, 0.4) is 0 Å². The quantitative estimate of drug-likeness (QED) is 0.770. The van der Waals surface area contributed by atoms with Gasteiger partial charge in [0.05, 0.1) is 25.4 Å². The monoisotopic (exact) mass is 308 g/mol. The van der Waals surface area contributed by atoms with Gasteiger partial charge < -0.3 is 9.47 Å². The van der Waals surface area contributed by atoms with Crippen LogP contribution in [0, 0.1) is 0 Å². The summed E-state index contributed by atoms with van der Waals surface area (Å²) in [5.74, 6) is 1.15. The molecule has 112 valence electrons. The second-order valence-corrected chi connectivity index (χ2v) is 4.85. The van der Waals surface area contributed by atoms with E-state index in [1.54, 1.807) is 31.0 Å². The minimum Gasteiger partial charge on any atom is -0.493 e. The van der Waals surface area contributed by atoms with Gasteiger partial charge in [-0.05, 0) is 24.6 Å². The van der Waals surface area contributed by atoms with E-state index in [-0.39, 0.29) is 12.2 Å². The number of benzene rings is 1. The van der Waals surface area contributed by atoms with E-state index in [0.29, 0.717) is 28.8 Å². The second-order valence-electron chi connectivity index (χ2n) is 4.45. The molecule has 0 aliphatic carbocycles. The first-order chi connectivity index (χ1) is 10.1. The third-order valence-electron chi connectivity index (χ3n) is 3.17. The topological polar surface area (TPSA) is 53.4 Å². The fourth-order valence-electron chi connectivity index (χ4n) is 2.14. The van der Waals surface area contributed by atoms with E-state index in [2.05, 4.69) is 5.10 Å². The number of ketones is 1. The summed E-state index contributed by atoms with van der Waals surface area (Å²) < 4.78 is 12.0. The highest BCUT2D eigenvalue weighted by Crippen LogP contribution is 2.28. The molecule has 0 aliphatic rings. The fourth-order valence-corrected chi connectivity index (χ4v) is 2.39. The van der Waals surface area contributed by atoms with Gasteiger partial charge in [0, 0.05) is 13.0 Å². The third-order valence-corrected chi connectivity index (χ3v) is 3.45. The maximum absolute atomic E-state index is 12.4. The molecule has 0 saturated carbocycles. The summed E-state index contributed by atoms with van der Waals surface area (Å²) in [6, 6.07) is 5.40. The maximum Gasteiger partial charge on any atom is 0.186 e. The Labute approximate surface area is 128 Å². The number of ether oxygens (including phenoxy) is 2. The van der Waals surface area contributed by atoms with Gasteiger partial charge in [0.25, 0.3) is 0 Å². The van der Waals surface area contributed by atoms with Gasteiger partial charge in [-0.3, -0.25) is 9.48 Å². The molecule has 0 N–H and O–H groups in total. The molecular weight excluding hydrogens is 292 g/mol.